The van der Waals surface area contributed by atoms with Crippen LogP contribution >= 0.6 is 0 Å². The number of nitrogens with one attached hydrogen (secondary N) is 1. The molecule has 2 rings (SSSR count). The lowest BCUT2D eigenvalue weighted by Gasteiger charge is -2.17. The highest BCUT2D eigenvalue weighted by Crippen LogP contribution is 2.20. The van der Waals surface area contributed by atoms with Crippen LogP contribution in [0.3, 0.4) is 0 Å². The van der Waals surface area contributed by atoms with Crippen LogP contribution in [0, 0.1) is 0 Å². The van der Waals surface area contributed by atoms with E-state index >= 15 is 0 Å². The van der Waals surface area contributed by atoms with Crippen molar-refractivity contribution < 1.29 is 4.79 Å². The highest BCUT2D eigenvalue weighted by Gasteiger charge is 2.23. The Balaban J connectivity index is 2.09. The van der Waals surface area contributed by atoms with Gasteiger partial charge in [-0.2, -0.15) is 0 Å². The minimum atomic E-state index is -0.443. The van der Waals surface area contributed by atoms with Crippen molar-refractivity contribution in [2.24, 2.45) is 11.5 Å². The van der Waals surface area contributed by atoms with Gasteiger partial charge < -0.3 is 16.8 Å². The molecule has 1 aromatic rings. The van der Waals surface area contributed by atoms with Crippen LogP contribution in [-0.4, -0.2) is 23.0 Å². The molecule has 1 amide bonds. The van der Waals surface area contributed by atoms with E-state index in [0.29, 0.717) is 11.4 Å². The number of carbonyl (C=O) groups excluding carboxylic acids is 1. The van der Waals surface area contributed by atoms with E-state index in [4.69, 9.17) is 11.5 Å². The molecule has 2 atom stereocenters. The number of rotatable bonds is 3. The fourth-order valence-corrected chi connectivity index (χ4v) is 2.02. The van der Waals surface area contributed by atoms with Crippen molar-refractivity contribution in [3.05, 3.63) is 23.9 Å². The Morgan fingerprint density at radius 2 is 2.31 bits per heavy atom. The standard InChI is InChI=1S/C11H16N4O/c12-8-2-1-3-9(8)15-10-6-7(11(13)16)4-5-14-10/h4-6,8-9H,1-3,12H2,(H2,13,16)(H,14,15). The van der Waals surface area contributed by atoms with Crippen LogP contribution in [0.1, 0.15) is 29.6 Å². The Kier molecular flexibility index (Phi) is 3.05. The van der Waals surface area contributed by atoms with Crippen molar-refractivity contribution in [3.63, 3.8) is 0 Å². The SMILES string of the molecule is NC(=O)c1ccnc(NC2CCCC2N)c1. The summed E-state index contributed by atoms with van der Waals surface area (Å²) in [6.45, 7) is 0. The van der Waals surface area contributed by atoms with Crippen molar-refractivity contribution in [3.8, 4) is 0 Å². The Labute approximate surface area is 94.2 Å². The molecule has 0 bridgehead atoms. The summed E-state index contributed by atoms with van der Waals surface area (Å²) in [6, 6.07) is 3.67. The average Bonchev–Trinajstić information content (AvgIpc) is 2.65. The molecular formula is C11H16N4O. The molecule has 86 valence electrons. The number of hydrogen-bond acceptors (Lipinski definition) is 4. The van der Waals surface area contributed by atoms with Crippen LogP contribution in [-0.2, 0) is 0 Å². The van der Waals surface area contributed by atoms with Crippen LogP contribution in [0.2, 0.25) is 0 Å². The summed E-state index contributed by atoms with van der Waals surface area (Å²) in [5.74, 6) is 0.222. The summed E-state index contributed by atoms with van der Waals surface area (Å²) in [5, 5.41) is 3.24. The molecule has 1 fully saturated rings. The number of amides is 1. The third-order valence-corrected chi connectivity index (χ3v) is 2.95. The lowest BCUT2D eigenvalue weighted by atomic mass is 10.2. The molecule has 1 heterocycles. The van der Waals surface area contributed by atoms with E-state index in [2.05, 4.69) is 10.3 Å². The molecule has 0 aromatic carbocycles. The molecule has 16 heavy (non-hydrogen) atoms. The monoisotopic (exact) mass is 220 g/mol. The third kappa shape index (κ3) is 2.30. The number of nitrogens with zero attached hydrogens (tertiary/aromatic N) is 1. The van der Waals surface area contributed by atoms with Gasteiger partial charge in [0.05, 0.1) is 0 Å². The maximum atomic E-state index is 11.0. The Hall–Kier alpha value is -1.62. The average molecular weight is 220 g/mol. The van der Waals surface area contributed by atoms with E-state index in [0.717, 1.165) is 19.3 Å². The predicted octanol–water partition coefficient (Wildman–Crippen LogP) is 0.472. The zero-order chi connectivity index (χ0) is 11.5. The lowest BCUT2D eigenvalue weighted by Crippen LogP contribution is -2.35. The van der Waals surface area contributed by atoms with Crippen molar-refractivity contribution in [2.45, 2.75) is 31.3 Å². The maximum Gasteiger partial charge on any atom is 0.248 e. The van der Waals surface area contributed by atoms with Gasteiger partial charge in [-0.05, 0) is 31.4 Å². The van der Waals surface area contributed by atoms with Crippen LogP contribution in [0.5, 0.6) is 0 Å². The second kappa shape index (κ2) is 4.49. The van der Waals surface area contributed by atoms with Gasteiger partial charge in [-0.3, -0.25) is 4.79 Å². The molecule has 5 nitrogen and oxygen atoms in total. The molecular weight excluding hydrogens is 204 g/mol. The summed E-state index contributed by atoms with van der Waals surface area (Å²) in [5.41, 5.74) is 11.6. The first-order chi connectivity index (χ1) is 7.66. The first kappa shape index (κ1) is 10.9. The number of aromatic nitrogens is 1. The number of anilines is 1. The van der Waals surface area contributed by atoms with E-state index < -0.39 is 5.91 Å². The second-order valence-electron chi connectivity index (χ2n) is 4.14. The molecule has 1 aromatic heterocycles. The Morgan fingerprint density at radius 3 is 2.94 bits per heavy atom. The van der Waals surface area contributed by atoms with Crippen molar-refractivity contribution in [1.29, 1.82) is 0 Å². The molecule has 0 spiro atoms. The van der Waals surface area contributed by atoms with Gasteiger partial charge in [0, 0.05) is 23.8 Å². The smallest absolute Gasteiger partial charge is 0.248 e. The molecule has 0 aliphatic heterocycles. The lowest BCUT2D eigenvalue weighted by molar-refractivity contribution is 0.1000. The second-order valence-corrected chi connectivity index (χ2v) is 4.14. The number of hydrogen-bond donors (Lipinski definition) is 3. The van der Waals surface area contributed by atoms with E-state index in [1.165, 1.54) is 0 Å². The fourth-order valence-electron chi connectivity index (χ4n) is 2.02. The van der Waals surface area contributed by atoms with Gasteiger partial charge in [-0.25, -0.2) is 4.98 Å². The van der Waals surface area contributed by atoms with Gasteiger partial charge in [0.2, 0.25) is 5.91 Å². The van der Waals surface area contributed by atoms with E-state index in [1.54, 1.807) is 18.3 Å². The summed E-state index contributed by atoms with van der Waals surface area (Å²) in [4.78, 5) is 15.1. The van der Waals surface area contributed by atoms with Gasteiger partial charge in [-0.1, -0.05) is 0 Å². The normalized spacial score (nSPS) is 24.3. The van der Waals surface area contributed by atoms with E-state index in [9.17, 15) is 4.79 Å². The molecule has 5 heteroatoms. The molecule has 2 unspecified atom stereocenters. The van der Waals surface area contributed by atoms with Gasteiger partial charge in [0.15, 0.2) is 0 Å². The molecule has 1 saturated carbocycles. The number of carbonyl (C=O) groups is 1. The molecule has 1 aliphatic carbocycles. The largest absolute Gasteiger partial charge is 0.366 e. The molecule has 0 saturated heterocycles. The number of primary amides is 1. The molecule has 0 radical (unpaired) electrons. The Bertz CT molecular complexity index is 393. The predicted molar refractivity (Wildman–Crippen MR) is 62.0 cm³/mol. The van der Waals surface area contributed by atoms with Gasteiger partial charge in [-0.15, -0.1) is 0 Å². The van der Waals surface area contributed by atoms with E-state index in [-0.39, 0.29) is 12.1 Å². The first-order valence-corrected chi connectivity index (χ1v) is 5.45. The summed E-state index contributed by atoms with van der Waals surface area (Å²) < 4.78 is 0. The highest BCUT2D eigenvalue weighted by atomic mass is 16.1. The zero-order valence-corrected chi connectivity index (χ0v) is 9.02. The molecule has 5 N–H and O–H groups in total. The van der Waals surface area contributed by atoms with Crippen LogP contribution in [0.25, 0.3) is 0 Å². The maximum absolute atomic E-state index is 11.0. The van der Waals surface area contributed by atoms with E-state index in [1.807, 2.05) is 0 Å². The molecule has 1 aliphatic rings. The number of nitrogens with two attached hydrogens (primary N) is 2. The van der Waals surface area contributed by atoms with Crippen molar-refractivity contribution >= 4 is 11.7 Å². The number of pyridine rings is 1. The first-order valence-electron chi connectivity index (χ1n) is 5.45. The Morgan fingerprint density at radius 1 is 1.50 bits per heavy atom. The van der Waals surface area contributed by atoms with Crippen LogP contribution < -0.4 is 16.8 Å². The highest BCUT2D eigenvalue weighted by molar-refractivity contribution is 5.93. The summed E-state index contributed by atoms with van der Waals surface area (Å²) in [7, 11) is 0. The van der Waals surface area contributed by atoms with Gasteiger partial charge in [0.1, 0.15) is 5.82 Å². The van der Waals surface area contributed by atoms with Crippen LogP contribution in [0.4, 0.5) is 5.82 Å². The third-order valence-electron chi connectivity index (χ3n) is 2.95. The van der Waals surface area contributed by atoms with Gasteiger partial charge in [0.25, 0.3) is 0 Å². The fraction of sp³-hybridized carbons (Fsp3) is 0.455. The van der Waals surface area contributed by atoms with Crippen molar-refractivity contribution in [2.75, 3.05) is 5.32 Å². The van der Waals surface area contributed by atoms with Crippen LogP contribution in [0.15, 0.2) is 18.3 Å². The minimum absolute atomic E-state index is 0.166. The minimum Gasteiger partial charge on any atom is -0.366 e. The summed E-state index contributed by atoms with van der Waals surface area (Å²) >= 11 is 0. The summed E-state index contributed by atoms with van der Waals surface area (Å²) in [6.07, 6.45) is 4.79. The zero-order valence-electron chi connectivity index (χ0n) is 9.02. The van der Waals surface area contributed by atoms with Gasteiger partial charge >= 0.3 is 0 Å². The quantitative estimate of drug-likeness (QED) is 0.690. The topological polar surface area (TPSA) is 94.0 Å². The van der Waals surface area contributed by atoms with Crippen molar-refractivity contribution in [1.82, 2.24) is 4.98 Å².